The summed E-state index contributed by atoms with van der Waals surface area (Å²) in [6.07, 6.45) is 7.37. The first-order chi connectivity index (χ1) is 13.9. The zero-order valence-electron chi connectivity index (χ0n) is 17.3. The highest BCUT2D eigenvalue weighted by Gasteiger charge is 2.30. The summed E-state index contributed by atoms with van der Waals surface area (Å²) in [7, 11) is 0. The van der Waals surface area contributed by atoms with E-state index in [9.17, 15) is 9.59 Å². The van der Waals surface area contributed by atoms with Crippen LogP contribution in [-0.4, -0.2) is 33.3 Å². The lowest BCUT2D eigenvalue weighted by Gasteiger charge is -2.34. The summed E-state index contributed by atoms with van der Waals surface area (Å²) < 4.78 is 0. The summed E-state index contributed by atoms with van der Waals surface area (Å²) in [6.45, 7) is 5.84. The number of amides is 2. The smallest absolute Gasteiger partial charge is 0.254 e. The number of hydrogen-bond donors (Lipinski definition) is 2. The van der Waals surface area contributed by atoms with Gasteiger partial charge in [0.15, 0.2) is 0 Å². The Hall–Kier alpha value is -2.83. The van der Waals surface area contributed by atoms with Gasteiger partial charge in [0.25, 0.3) is 5.91 Å². The summed E-state index contributed by atoms with van der Waals surface area (Å²) in [5.74, 6) is 1.30. The number of carbonyl (C=O) groups excluding carboxylic acids is 2. The molecule has 0 saturated heterocycles. The van der Waals surface area contributed by atoms with Gasteiger partial charge in [-0.2, -0.15) is 0 Å². The number of nitrogens with one attached hydrogen (secondary N) is 2. The molecule has 2 N–H and O–H groups in total. The summed E-state index contributed by atoms with van der Waals surface area (Å²) in [5.41, 5.74) is 2.15. The fraction of sp³-hybridized carbons (Fsp3) is 0.500. The quantitative estimate of drug-likeness (QED) is 0.784. The minimum absolute atomic E-state index is 0.0364. The first-order valence-corrected chi connectivity index (χ1v) is 10.2. The normalized spacial score (nSPS) is 20.0. The van der Waals surface area contributed by atoms with Crippen molar-refractivity contribution in [1.82, 2.24) is 25.6 Å². The van der Waals surface area contributed by atoms with E-state index in [0.29, 0.717) is 35.5 Å². The second kappa shape index (κ2) is 9.58. The Balaban J connectivity index is 1.54. The Morgan fingerprint density at radius 3 is 2.52 bits per heavy atom. The molecule has 0 radical (unpaired) electrons. The highest BCUT2D eigenvalue weighted by molar-refractivity contribution is 5.94. The fourth-order valence-electron chi connectivity index (χ4n) is 4.08. The van der Waals surface area contributed by atoms with Crippen LogP contribution >= 0.6 is 0 Å². The number of pyridine rings is 1. The Morgan fingerprint density at radius 2 is 1.90 bits per heavy atom. The molecule has 2 aromatic heterocycles. The molecule has 1 saturated carbocycles. The lowest BCUT2D eigenvalue weighted by atomic mass is 9.77. The molecule has 2 heterocycles. The van der Waals surface area contributed by atoms with E-state index in [2.05, 4.69) is 25.6 Å². The Kier molecular flexibility index (Phi) is 6.90. The number of carbonyl (C=O) groups is 2. The predicted octanol–water partition coefficient (Wildman–Crippen LogP) is 2.90. The van der Waals surface area contributed by atoms with Crippen LogP contribution in [0.5, 0.6) is 0 Å². The Bertz CT molecular complexity index is 848. The van der Waals surface area contributed by atoms with Gasteiger partial charge in [0.1, 0.15) is 5.82 Å². The van der Waals surface area contributed by atoms with Crippen molar-refractivity contribution in [3.05, 3.63) is 53.4 Å². The molecule has 154 valence electrons. The van der Waals surface area contributed by atoms with E-state index >= 15 is 0 Å². The van der Waals surface area contributed by atoms with Gasteiger partial charge in [0.05, 0.1) is 23.0 Å². The van der Waals surface area contributed by atoms with Crippen LogP contribution in [0.1, 0.15) is 66.2 Å². The van der Waals surface area contributed by atoms with Crippen LogP contribution in [-0.2, 0) is 4.79 Å². The van der Waals surface area contributed by atoms with E-state index in [1.807, 2.05) is 32.0 Å². The van der Waals surface area contributed by atoms with Crippen LogP contribution in [0.15, 0.2) is 30.6 Å². The topological polar surface area (TPSA) is 96.9 Å². The van der Waals surface area contributed by atoms with Crippen LogP contribution in [0, 0.1) is 25.7 Å². The second-order valence-corrected chi connectivity index (χ2v) is 7.84. The molecule has 0 aliphatic heterocycles. The van der Waals surface area contributed by atoms with Gasteiger partial charge in [0.2, 0.25) is 5.91 Å². The first kappa shape index (κ1) is 20.9. The zero-order valence-corrected chi connectivity index (χ0v) is 17.3. The van der Waals surface area contributed by atoms with Gasteiger partial charge < -0.3 is 10.6 Å². The average Bonchev–Trinajstić information content (AvgIpc) is 2.71. The lowest BCUT2D eigenvalue weighted by molar-refractivity contribution is -0.120. The van der Waals surface area contributed by atoms with E-state index in [0.717, 1.165) is 31.4 Å². The number of aromatic nitrogens is 3. The molecule has 0 unspecified atom stereocenters. The maximum absolute atomic E-state index is 12.5. The predicted molar refractivity (Wildman–Crippen MR) is 110 cm³/mol. The van der Waals surface area contributed by atoms with Crippen molar-refractivity contribution in [3.8, 4) is 0 Å². The molecule has 3 rings (SSSR count). The standard InChI is InChI=1S/C22H29N5O2/c1-14-19(13-24-15(2)26-14)22(29)25-12-17-7-9-18(10-8-17)21(27-16(3)28)20-6-4-5-11-23-20/h4-6,11,13,17-18,21H,7-10,12H2,1-3H3,(H,25,29)(H,27,28)/t17?,18?,21-/m0/s1. The van der Waals surface area contributed by atoms with Gasteiger partial charge in [-0.25, -0.2) is 9.97 Å². The van der Waals surface area contributed by atoms with Crippen molar-refractivity contribution in [2.45, 2.75) is 52.5 Å². The van der Waals surface area contributed by atoms with E-state index in [-0.39, 0.29) is 17.9 Å². The van der Waals surface area contributed by atoms with Crippen molar-refractivity contribution in [2.24, 2.45) is 11.8 Å². The van der Waals surface area contributed by atoms with Crippen LogP contribution < -0.4 is 10.6 Å². The number of aryl methyl sites for hydroxylation is 2. The lowest BCUT2D eigenvalue weighted by Crippen LogP contribution is -2.36. The van der Waals surface area contributed by atoms with Gasteiger partial charge in [-0.1, -0.05) is 6.07 Å². The second-order valence-electron chi connectivity index (χ2n) is 7.84. The molecular formula is C22H29N5O2. The largest absolute Gasteiger partial charge is 0.352 e. The molecule has 1 atom stereocenters. The van der Waals surface area contributed by atoms with Crippen LogP contribution in [0.25, 0.3) is 0 Å². The van der Waals surface area contributed by atoms with Crippen LogP contribution in [0.4, 0.5) is 0 Å². The maximum atomic E-state index is 12.5. The number of nitrogens with zero attached hydrogens (tertiary/aromatic N) is 3. The average molecular weight is 396 g/mol. The summed E-state index contributed by atoms with van der Waals surface area (Å²) in [4.78, 5) is 37.0. The molecule has 0 aromatic carbocycles. The third-order valence-corrected chi connectivity index (χ3v) is 5.62. The van der Waals surface area contributed by atoms with Crippen molar-refractivity contribution < 1.29 is 9.59 Å². The molecule has 1 aliphatic carbocycles. The Morgan fingerprint density at radius 1 is 1.14 bits per heavy atom. The highest BCUT2D eigenvalue weighted by atomic mass is 16.2. The third kappa shape index (κ3) is 5.59. The number of hydrogen-bond acceptors (Lipinski definition) is 5. The molecule has 7 nitrogen and oxygen atoms in total. The van der Waals surface area contributed by atoms with Gasteiger partial charge in [-0.15, -0.1) is 0 Å². The monoisotopic (exact) mass is 395 g/mol. The van der Waals surface area contributed by atoms with Gasteiger partial charge in [0, 0.05) is 25.9 Å². The molecule has 1 aliphatic rings. The molecule has 1 fully saturated rings. The third-order valence-electron chi connectivity index (χ3n) is 5.62. The van der Waals surface area contributed by atoms with Crippen LogP contribution in [0.2, 0.25) is 0 Å². The van der Waals surface area contributed by atoms with Crippen molar-refractivity contribution >= 4 is 11.8 Å². The summed E-state index contributed by atoms with van der Waals surface area (Å²) >= 11 is 0. The molecule has 2 amide bonds. The molecule has 0 bridgehead atoms. The maximum Gasteiger partial charge on any atom is 0.254 e. The van der Waals surface area contributed by atoms with E-state index in [4.69, 9.17) is 0 Å². The molecule has 0 spiro atoms. The molecule has 29 heavy (non-hydrogen) atoms. The molecule has 2 aromatic rings. The SMILES string of the molecule is CC(=O)N[C@H](c1ccccn1)C1CCC(CNC(=O)c2cnc(C)nc2C)CC1. The fourth-order valence-corrected chi connectivity index (χ4v) is 4.08. The van der Waals surface area contributed by atoms with E-state index < -0.39 is 0 Å². The number of rotatable bonds is 6. The van der Waals surface area contributed by atoms with Gasteiger partial charge in [-0.05, 0) is 63.5 Å². The van der Waals surface area contributed by atoms with Crippen molar-refractivity contribution in [1.29, 1.82) is 0 Å². The highest BCUT2D eigenvalue weighted by Crippen LogP contribution is 2.36. The van der Waals surface area contributed by atoms with E-state index in [1.165, 1.54) is 0 Å². The van der Waals surface area contributed by atoms with Crippen molar-refractivity contribution in [3.63, 3.8) is 0 Å². The molecule has 7 heteroatoms. The summed E-state index contributed by atoms with van der Waals surface area (Å²) in [6, 6.07) is 5.75. The first-order valence-electron chi connectivity index (χ1n) is 10.2. The Labute approximate surface area is 171 Å². The van der Waals surface area contributed by atoms with Gasteiger partial charge >= 0.3 is 0 Å². The zero-order chi connectivity index (χ0) is 20.8. The van der Waals surface area contributed by atoms with Gasteiger partial charge in [-0.3, -0.25) is 14.6 Å². The minimum atomic E-state index is -0.116. The molecular weight excluding hydrogens is 366 g/mol. The minimum Gasteiger partial charge on any atom is -0.352 e. The van der Waals surface area contributed by atoms with E-state index in [1.54, 1.807) is 19.3 Å². The van der Waals surface area contributed by atoms with Crippen molar-refractivity contribution in [2.75, 3.05) is 6.54 Å². The summed E-state index contributed by atoms with van der Waals surface area (Å²) in [5, 5.41) is 6.11. The van der Waals surface area contributed by atoms with Crippen LogP contribution in [0.3, 0.4) is 0 Å².